The van der Waals surface area contributed by atoms with Crippen molar-refractivity contribution in [1.82, 2.24) is 4.57 Å². The van der Waals surface area contributed by atoms with Crippen molar-refractivity contribution in [2.75, 3.05) is 0 Å². The van der Waals surface area contributed by atoms with Crippen molar-refractivity contribution >= 4 is 16.9 Å². The molecule has 1 aromatic carbocycles. The lowest BCUT2D eigenvalue weighted by Gasteiger charge is -1.94. The second-order valence-corrected chi connectivity index (χ2v) is 3.62. The number of carbonyl (C=O) groups is 1. The summed E-state index contributed by atoms with van der Waals surface area (Å²) in [5.74, 6) is -0.268. The van der Waals surface area contributed by atoms with E-state index in [4.69, 9.17) is 5.73 Å². The SMILES string of the molecule is C[n+]1cn(CCC(N)=O)c2ccccc21. The number of para-hydroxylation sites is 2. The molecule has 0 saturated carbocycles. The number of amides is 1. The molecule has 1 amide bonds. The molecule has 2 rings (SSSR count). The van der Waals surface area contributed by atoms with Gasteiger partial charge in [-0.3, -0.25) is 4.79 Å². The third kappa shape index (κ3) is 1.83. The van der Waals surface area contributed by atoms with E-state index in [0.29, 0.717) is 13.0 Å². The first-order valence-electron chi connectivity index (χ1n) is 4.90. The zero-order valence-corrected chi connectivity index (χ0v) is 8.68. The summed E-state index contributed by atoms with van der Waals surface area (Å²) in [6.45, 7) is 0.636. The first kappa shape index (κ1) is 9.71. The third-order valence-electron chi connectivity index (χ3n) is 2.48. The maximum Gasteiger partial charge on any atom is 0.244 e. The van der Waals surface area contributed by atoms with E-state index in [1.807, 2.05) is 40.7 Å². The van der Waals surface area contributed by atoms with Crippen molar-refractivity contribution in [2.24, 2.45) is 12.8 Å². The predicted octanol–water partition coefficient (Wildman–Crippen LogP) is 0.341. The molecule has 4 heteroatoms. The minimum Gasteiger partial charge on any atom is -0.370 e. The highest BCUT2D eigenvalue weighted by molar-refractivity contribution is 5.74. The minimum absolute atomic E-state index is 0.268. The number of primary amides is 1. The molecule has 0 aliphatic rings. The highest BCUT2D eigenvalue weighted by Gasteiger charge is 2.12. The van der Waals surface area contributed by atoms with Crippen LogP contribution in [0, 0.1) is 0 Å². The normalized spacial score (nSPS) is 10.7. The molecule has 0 spiro atoms. The number of hydrogen-bond donors (Lipinski definition) is 1. The van der Waals surface area contributed by atoms with Crippen LogP contribution in [0.5, 0.6) is 0 Å². The van der Waals surface area contributed by atoms with Gasteiger partial charge in [-0.05, 0) is 12.1 Å². The van der Waals surface area contributed by atoms with Crippen LogP contribution < -0.4 is 10.3 Å². The fourth-order valence-electron chi connectivity index (χ4n) is 1.75. The van der Waals surface area contributed by atoms with E-state index in [1.54, 1.807) is 0 Å². The summed E-state index contributed by atoms with van der Waals surface area (Å²) in [5, 5.41) is 0. The van der Waals surface area contributed by atoms with Crippen LogP contribution in [0.2, 0.25) is 0 Å². The number of imidazole rings is 1. The van der Waals surface area contributed by atoms with Gasteiger partial charge in [-0.1, -0.05) is 12.1 Å². The van der Waals surface area contributed by atoms with Crippen LogP contribution >= 0.6 is 0 Å². The van der Waals surface area contributed by atoms with Crippen molar-refractivity contribution in [3.8, 4) is 0 Å². The van der Waals surface area contributed by atoms with E-state index in [-0.39, 0.29) is 5.91 Å². The van der Waals surface area contributed by atoms with E-state index >= 15 is 0 Å². The summed E-state index contributed by atoms with van der Waals surface area (Å²) in [5.41, 5.74) is 7.41. The van der Waals surface area contributed by atoms with Crippen LogP contribution in [0.1, 0.15) is 6.42 Å². The Hall–Kier alpha value is -1.84. The van der Waals surface area contributed by atoms with E-state index < -0.39 is 0 Å². The Kier molecular flexibility index (Phi) is 2.41. The largest absolute Gasteiger partial charge is 0.370 e. The van der Waals surface area contributed by atoms with Gasteiger partial charge in [-0.15, -0.1) is 0 Å². The van der Waals surface area contributed by atoms with Crippen molar-refractivity contribution < 1.29 is 9.36 Å². The van der Waals surface area contributed by atoms with Gasteiger partial charge in [-0.25, -0.2) is 9.13 Å². The van der Waals surface area contributed by atoms with Gasteiger partial charge < -0.3 is 5.73 Å². The Morgan fingerprint density at radius 1 is 1.47 bits per heavy atom. The molecule has 0 radical (unpaired) electrons. The number of nitrogens with zero attached hydrogens (tertiary/aromatic N) is 2. The maximum absolute atomic E-state index is 10.7. The molecule has 2 aromatic rings. The third-order valence-corrected chi connectivity index (χ3v) is 2.48. The Balaban J connectivity index is 2.39. The molecule has 2 N–H and O–H groups in total. The van der Waals surface area contributed by atoms with Gasteiger partial charge in [0.1, 0.15) is 0 Å². The monoisotopic (exact) mass is 204 g/mol. The fraction of sp³-hybridized carbons (Fsp3) is 0.273. The van der Waals surface area contributed by atoms with Crippen molar-refractivity contribution in [2.45, 2.75) is 13.0 Å². The molecule has 4 nitrogen and oxygen atoms in total. The van der Waals surface area contributed by atoms with Gasteiger partial charge in [0.25, 0.3) is 0 Å². The highest BCUT2D eigenvalue weighted by atomic mass is 16.1. The Morgan fingerprint density at radius 3 is 2.93 bits per heavy atom. The molecular weight excluding hydrogens is 190 g/mol. The molecule has 1 heterocycles. The number of rotatable bonds is 3. The van der Waals surface area contributed by atoms with E-state index in [9.17, 15) is 4.79 Å². The number of hydrogen-bond acceptors (Lipinski definition) is 1. The second-order valence-electron chi connectivity index (χ2n) is 3.62. The standard InChI is InChI=1S/C11H13N3O/c1-13-8-14(7-6-11(12)15)10-5-3-2-4-9(10)13/h2-5,8H,6-7H2,1H3,(H-,12,15)/p+1. The molecule has 78 valence electrons. The van der Waals surface area contributed by atoms with Crippen molar-refractivity contribution in [3.63, 3.8) is 0 Å². The Morgan fingerprint density at radius 2 is 2.20 bits per heavy atom. The lowest BCUT2D eigenvalue weighted by molar-refractivity contribution is -0.645. The quantitative estimate of drug-likeness (QED) is 0.720. The molecule has 15 heavy (non-hydrogen) atoms. The number of aryl methyl sites for hydroxylation is 2. The number of aromatic nitrogens is 2. The average molecular weight is 204 g/mol. The molecular formula is C11H14N3O+. The molecule has 0 unspecified atom stereocenters. The van der Waals surface area contributed by atoms with E-state index in [1.165, 1.54) is 0 Å². The van der Waals surface area contributed by atoms with Gasteiger partial charge in [0.15, 0.2) is 11.0 Å². The summed E-state index contributed by atoms with van der Waals surface area (Å²) in [6.07, 6.45) is 2.35. The summed E-state index contributed by atoms with van der Waals surface area (Å²) < 4.78 is 4.08. The molecule has 0 aliphatic carbocycles. The number of benzene rings is 1. The van der Waals surface area contributed by atoms with Crippen LogP contribution in [0.4, 0.5) is 0 Å². The van der Waals surface area contributed by atoms with Gasteiger partial charge in [0.05, 0.1) is 20.0 Å². The van der Waals surface area contributed by atoms with E-state index in [0.717, 1.165) is 11.0 Å². The smallest absolute Gasteiger partial charge is 0.244 e. The first-order valence-corrected chi connectivity index (χ1v) is 4.90. The second kappa shape index (κ2) is 3.73. The van der Waals surface area contributed by atoms with Crippen LogP contribution in [0.15, 0.2) is 30.6 Å². The first-order chi connectivity index (χ1) is 7.18. The number of nitrogens with two attached hydrogens (primary N) is 1. The summed E-state index contributed by atoms with van der Waals surface area (Å²) in [6, 6.07) is 8.08. The van der Waals surface area contributed by atoms with Gasteiger partial charge in [0, 0.05) is 0 Å². The fourth-order valence-corrected chi connectivity index (χ4v) is 1.75. The van der Waals surface area contributed by atoms with Gasteiger partial charge in [0.2, 0.25) is 12.2 Å². The number of carbonyl (C=O) groups excluding carboxylic acids is 1. The summed E-state index contributed by atoms with van der Waals surface area (Å²) >= 11 is 0. The topological polar surface area (TPSA) is 51.9 Å². The molecule has 0 bridgehead atoms. The summed E-state index contributed by atoms with van der Waals surface area (Å²) in [4.78, 5) is 10.7. The van der Waals surface area contributed by atoms with E-state index in [2.05, 4.69) is 6.07 Å². The molecule has 1 aromatic heterocycles. The molecule has 0 fully saturated rings. The zero-order chi connectivity index (χ0) is 10.8. The lowest BCUT2D eigenvalue weighted by Crippen LogP contribution is -2.25. The van der Waals surface area contributed by atoms with Gasteiger partial charge in [-0.2, -0.15) is 0 Å². The lowest BCUT2D eigenvalue weighted by atomic mass is 10.3. The van der Waals surface area contributed by atoms with Crippen LogP contribution in [-0.2, 0) is 18.4 Å². The van der Waals surface area contributed by atoms with Crippen LogP contribution in [0.3, 0.4) is 0 Å². The van der Waals surface area contributed by atoms with Crippen molar-refractivity contribution in [1.29, 1.82) is 0 Å². The van der Waals surface area contributed by atoms with Gasteiger partial charge >= 0.3 is 0 Å². The Bertz CT molecular complexity index is 502. The Labute approximate surface area is 87.9 Å². The number of fused-ring (bicyclic) bond motifs is 1. The predicted molar refractivity (Wildman–Crippen MR) is 56.9 cm³/mol. The highest BCUT2D eigenvalue weighted by Crippen LogP contribution is 2.10. The molecule has 0 atom stereocenters. The average Bonchev–Trinajstić information content (AvgIpc) is 2.54. The minimum atomic E-state index is -0.268. The molecule has 0 saturated heterocycles. The maximum atomic E-state index is 10.7. The van der Waals surface area contributed by atoms with Crippen molar-refractivity contribution in [3.05, 3.63) is 30.6 Å². The summed E-state index contributed by atoms with van der Waals surface area (Å²) in [7, 11) is 1.99. The zero-order valence-electron chi connectivity index (χ0n) is 8.68. The molecule has 0 aliphatic heterocycles. The van der Waals surface area contributed by atoms with Crippen LogP contribution in [-0.4, -0.2) is 10.5 Å². The van der Waals surface area contributed by atoms with Crippen LogP contribution in [0.25, 0.3) is 11.0 Å².